The third-order valence-corrected chi connectivity index (χ3v) is 2.53. The third-order valence-electron chi connectivity index (χ3n) is 2.53. The second kappa shape index (κ2) is 5.86. The maximum Gasteiger partial charge on any atom is 0.244 e. The Bertz CT molecular complexity index is 516. The van der Waals surface area contributed by atoms with E-state index in [4.69, 9.17) is 4.74 Å². The van der Waals surface area contributed by atoms with Gasteiger partial charge in [-0.05, 0) is 36.4 Å². The molecule has 5 heteroatoms. The number of hydrazone groups is 1. The van der Waals surface area contributed by atoms with Gasteiger partial charge in [-0.3, -0.25) is 4.79 Å². The number of allylic oxidation sites excluding steroid dienone is 3. The molecule has 1 amide bonds. The molecular weight excluding hydrogens is 242 g/mol. The van der Waals surface area contributed by atoms with E-state index in [2.05, 4.69) is 5.10 Å². The summed E-state index contributed by atoms with van der Waals surface area (Å²) in [6, 6.07) is 7.22. The quantitative estimate of drug-likeness (QED) is 0.834. The number of hydrogen-bond acceptors (Lipinski definition) is 4. The van der Waals surface area contributed by atoms with Crippen molar-refractivity contribution >= 4 is 17.8 Å². The van der Waals surface area contributed by atoms with Crippen LogP contribution in [0.2, 0.25) is 0 Å². The summed E-state index contributed by atoms with van der Waals surface area (Å²) < 4.78 is 5.10. The Balaban J connectivity index is 2.31. The number of hydrogen-bond donors (Lipinski definition) is 0. The van der Waals surface area contributed by atoms with Gasteiger partial charge in [-0.25, -0.2) is 5.01 Å². The van der Waals surface area contributed by atoms with Crippen molar-refractivity contribution in [2.24, 2.45) is 5.10 Å². The molecule has 0 N–H and O–H groups in total. The molecule has 1 aromatic carbocycles. The Morgan fingerprint density at radius 1 is 1.21 bits per heavy atom. The molecule has 0 aliphatic carbocycles. The number of carbonyl (C=O) groups is 1. The molecule has 2 rings (SSSR count). The highest BCUT2D eigenvalue weighted by Gasteiger charge is 2.17. The molecule has 98 valence electrons. The van der Waals surface area contributed by atoms with Crippen molar-refractivity contribution in [1.29, 1.82) is 0 Å². The normalized spacial score (nSPS) is 13.3. The predicted molar refractivity (Wildman–Crippen MR) is 74.8 cm³/mol. The summed E-state index contributed by atoms with van der Waals surface area (Å²) in [6.07, 6.45) is 8.79. The Hall–Kier alpha value is -2.56. The molecule has 0 fully saturated rings. The van der Waals surface area contributed by atoms with E-state index in [9.17, 15) is 4.79 Å². The monoisotopic (exact) mass is 257 g/mol. The van der Waals surface area contributed by atoms with Crippen molar-refractivity contribution in [3.8, 4) is 5.75 Å². The number of benzene rings is 1. The van der Waals surface area contributed by atoms with Crippen LogP contribution in [0.1, 0.15) is 6.92 Å². The lowest BCUT2D eigenvalue weighted by Crippen LogP contribution is -2.39. The fourth-order valence-corrected chi connectivity index (χ4v) is 1.67. The fraction of sp³-hybridized carbons (Fsp3) is 0.143. The average Bonchev–Trinajstić information content (AvgIpc) is 2.68. The topological polar surface area (TPSA) is 45.1 Å². The van der Waals surface area contributed by atoms with E-state index in [1.165, 1.54) is 17.1 Å². The van der Waals surface area contributed by atoms with E-state index < -0.39 is 0 Å². The van der Waals surface area contributed by atoms with E-state index in [0.29, 0.717) is 0 Å². The Labute approximate surface area is 112 Å². The number of rotatable bonds is 3. The zero-order valence-corrected chi connectivity index (χ0v) is 10.9. The van der Waals surface area contributed by atoms with Crippen LogP contribution in [0.15, 0.2) is 53.8 Å². The molecule has 1 aromatic rings. The van der Waals surface area contributed by atoms with E-state index >= 15 is 0 Å². The SMILES string of the molecule is COc1ccc(N(C(C)=O)N2C=CC=CC=N2)cc1. The van der Waals surface area contributed by atoms with Crippen LogP contribution in [0.5, 0.6) is 5.75 Å². The lowest BCUT2D eigenvalue weighted by molar-refractivity contribution is -0.118. The van der Waals surface area contributed by atoms with Crippen molar-refractivity contribution in [1.82, 2.24) is 5.12 Å². The highest BCUT2D eigenvalue weighted by atomic mass is 16.5. The molecule has 0 bridgehead atoms. The summed E-state index contributed by atoms with van der Waals surface area (Å²) in [5, 5.41) is 7.13. The zero-order chi connectivity index (χ0) is 13.7. The first-order valence-electron chi connectivity index (χ1n) is 5.83. The number of nitrogens with zero attached hydrogens (tertiary/aromatic N) is 3. The van der Waals surface area contributed by atoms with Crippen LogP contribution in [-0.2, 0) is 4.79 Å². The van der Waals surface area contributed by atoms with Crippen molar-refractivity contribution in [3.63, 3.8) is 0 Å². The fourth-order valence-electron chi connectivity index (χ4n) is 1.67. The largest absolute Gasteiger partial charge is 0.497 e. The van der Waals surface area contributed by atoms with Gasteiger partial charge in [-0.1, -0.05) is 6.08 Å². The van der Waals surface area contributed by atoms with E-state index in [1.807, 2.05) is 24.3 Å². The number of amides is 1. The van der Waals surface area contributed by atoms with Gasteiger partial charge in [-0.15, -0.1) is 0 Å². The summed E-state index contributed by atoms with van der Waals surface area (Å²) in [6.45, 7) is 1.49. The molecule has 1 heterocycles. The van der Waals surface area contributed by atoms with Gasteiger partial charge in [0.25, 0.3) is 0 Å². The van der Waals surface area contributed by atoms with Gasteiger partial charge in [0.15, 0.2) is 0 Å². The number of carbonyl (C=O) groups excluding carboxylic acids is 1. The number of methoxy groups -OCH3 is 1. The highest BCUT2D eigenvalue weighted by molar-refractivity contribution is 5.91. The van der Waals surface area contributed by atoms with Gasteiger partial charge in [-0.2, -0.15) is 10.2 Å². The smallest absolute Gasteiger partial charge is 0.244 e. The van der Waals surface area contributed by atoms with Crippen LogP contribution < -0.4 is 9.75 Å². The Morgan fingerprint density at radius 3 is 2.58 bits per heavy atom. The molecule has 0 spiro atoms. The van der Waals surface area contributed by atoms with Crippen LogP contribution in [0.25, 0.3) is 0 Å². The molecule has 0 saturated heterocycles. The first-order valence-corrected chi connectivity index (χ1v) is 5.83. The van der Waals surface area contributed by atoms with Crippen molar-refractivity contribution in [2.75, 3.05) is 12.1 Å². The lowest BCUT2D eigenvalue weighted by atomic mass is 10.3. The van der Waals surface area contributed by atoms with Crippen molar-refractivity contribution in [3.05, 3.63) is 48.7 Å². The molecule has 0 aromatic heterocycles. The van der Waals surface area contributed by atoms with Crippen LogP contribution in [-0.4, -0.2) is 24.3 Å². The molecule has 0 atom stereocenters. The molecule has 1 aliphatic rings. The minimum atomic E-state index is -0.131. The second-order valence-corrected chi connectivity index (χ2v) is 3.84. The number of hydrazine groups is 1. The first-order chi connectivity index (χ1) is 9.22. The van der Waals surface area contributed by atoms with Gasteiger partial charge < -0.3 is 4.74 Å². The van der Waals surface area contributed by atoms with E-state index in [1.54, 1.807) is 37.7 Å². The standard InChI is InChI=1S/C14H15N3O2/c1-12(18)17(16-11-5-3-4-10-15-16)13-6-8-14(19-2)9-7-13/h3-11H,1-2H3. The molecule has 0 saturated carbocycles. The zero-order valence-electron chi connectivity index (χ0n) is 10.9. The molecule has 0 unspecified atom stereocenters. The van der Waals surface area contributed by atoms with Crippen LogP contribution in [0, 0.1) is 0 Å². The Kier molecular flexibility index (Phi) is 3.97. The molecule has 19 heavy (non-hydrogen) atoms. The molecular formula is C14H15N3O2. The molecule has 5 nitrogen and oxygen atoms in total. The Morgan fingerprint density at radius 2 is 1.95 bits per heavy atom. The summed E-state index contributed by atoms with van der Waals surface area (Å²) in [5.74, 6) is 0.609. The average molecular weight is 257 g/mol. The van der Waals surface area contributed by atoms with Gasteiger partial charge in [0.1, 0.15) is 5.75 Å². The van der Waals surface area contributed by atoms with E-state index in [-0.39, 0.29) is 5.91 Å². The minimum absolute atomic E-state index is 0.131. The van der Waals surface area contributed by atoms with Gasteiger partial charge >= 0.3 is 0 Å². The van der Waals surface area contributed by atoms with Gasteiger partial charge in [0.05, 0.1) is 12.8 Å². The lowest BCUT2D eigenvalue weighted by Gasteiger charge is -2.28. The first kappa shape index (κ1) is 12.9. The summed E-state index contributed by atoms with van der Waals surface area (Å²) in [7, 11) is 1.60. The summed E-state index contributed by atoms with van der Waals surface area (Å²) in [5.41, 5.74) is 0.719. The maximum atomic E-state index is 11.8. The number of ether oxygens (including phenoxy) is 1. The predicted octanol–water partition coefficient (Wildman–Crippen LogP) is 2.33. The third kappa shape index (κ3) is 3.01. The minimum Gasteiger partial charge on any atom is -0.497 e. The van der Waals surface area contributed by atoms with Gasteiger partial charge in [0, 0.05) is 19.3 Å². The molecule has 1 aliphatic heterocycles. The van der Waals surface area contributed by atoms with E-state index in [0.717, 1.165) is 11.4 Å². The summed E-state index contributed by atoms with van der Waals surface area (Å²) >= 11 is 0. The highest BCUT2D eigenvalue weighted by Crippen LogP contribution is 2.21. The van der Waals surface area contributed by atoms with Crippen LogP contribution in [0.4, 0.5) is 5.69 Å². The summed E-state index contributed by atoms with van der Waals surface area (Å²) in [4.78, 5) is 11.8. The van der Waals surface area contributed by atoms with Crippen molar-refractivity contribution in [2.45, 2.75) is 6.92 Å². The van der Waals surface area contributed by atoms with Crippen molar-refractivity contribution < 1.29 is 9.53 Å². The number of anilines is 1. The maximum absolute atomic E-state index is 11.8. The second-order valence-electron chi connectivity index (χ2n) is 3.84. The van der Waals surface area contributed by atoms with Crippen LogP contribution >= 0.6 is 0 Å². The van der Waals surface area contributed by atoms with Crippen LogP contribution in [0.3, 0.4) is 0 Å². The molecule has 0 radical (unpaired) electrons. The van der Waals surface area contributed by atoms with Gasteiger partial charge in [0.2, 0.25) is 5.91 Å².